The zero-order valence-corrected chi connectivity index (χ0v) is 17.4. The lowest BCUT2D eigenvalue weighted by Crippen LogP contribution is -2.53. The number of imide groups is 1. The molecule has 0 radical (unpaired) electrons. The Morgan fingerprint density at radius 1 is 1.26 bits per heavy atom. The van der Waals surface area contributed by atoms with Crippen LogP contribution >= 0.6 is 0 Å². The molecule has 3 amide bonds. The summed E-state index contributed by atoms with van der Waals surface area (Å²) >= 11 is 0. The standard InChI is InChI=1S/C23H24N4O4/c1-23-12-17-16-11-15(31-2)6-7-18(16)25-19(17)20(13-4-3-5-14(28)10-13)27(23)22(30)26(9-8-24)21(23)29/h3-7,10-11,20,25,28H,8-9,12,24H2,1-2H3/t20-,23+/m1/s1. The molecule has 160 valence electrons. The first-order valence-corrected chi connectivity index (χ1v) is 10.2. The number of phenolic OH excluding ortho intramolecular Hbond substituents is 1. The van der Waals surface area contributed by atoms with Crippen molar-refractivity contribution in [3.8, 4) is 11.5 Å². The summed E-state index contributed by atoms with van der Waals surface area (Å²) in [6.07, 6.45) is 0.371. The van der Waals surface area contributed by atoms with Crippen LogP contribution in [0.2, 0.25) is 0 Å². The van der Waals surface area contributed by atoms with Gasteiger partial charge in [-0.3, -0.25) is 14.6 Å². The maximum absolute atomic E-state index is 13.4. The zero-order chi connectivity index (χ0) is 21.9. The van der Waals surface area contributed by atoms with Crippen molar-refractivity contribution in [1.29, 1.82) is 0 Å². The summed E-state index contributed by atoms with van der Waals surface area (Å²) in [5, 5.41) is 11.1. The predicted molar refractivity (Wildman–Crippen MR) is 115 cm³/mol. The number of rotatable bonds is 4. The molecule has 8 nitrogen and oxygen atoms in total. The van der Waals surface area contributed by atoms with Crippen molar-refractivity contribution < 1.29 is 19.4 Å². The summed E-state index contributed by atoms with van der Waals surface area (Å²) in [4.78, 5) is 33.2. The van der Waals surface area contributed by atoms with Crippen molar-refractivity contribution in [3.63, 3.8) is 0 Å². The van der Waals surface area contributed by atoms with Gasteiger partial charge in [0.15, 0.2) is 0 Å². The molecule has 0 saturated carbocycles. The van der Waals surface area contributed by atoms with Gasteiger partial charge in [0.25, 0.3) is 5.91 Å². The summed E-state index contributed by atoms with van der Waals surface area (Å²) in [6, 6.07) is 11.6. The van der Waals surface area contributed by atoms with E-state index in [-0.39, 0.29) is 30.8 Å². The summed E-state index contributed by atoms with van der Waals surface area (Å²) in [5.74, 6) is 0.561. The van der Waals surface area contributed by atoms with E-state index in [2.05, 4.69) is 4.98 Å². The third-order valence-electron chi connectivity index (χ3n) is 6.41. The molecule has 2 atom stereocenters. The van der Waals surface area contributed by atoms with E-state index >= 15 is 0 Å². The van der Waals surface area contributed by atoms with Gasteiger partial charge < -0.3 is 20.6 Å². The van der Waals surface area contributed by atoms with Gasteiger partial charge in [0.05, 0.1) is 7.11 Å². The molecule has 31 heavy (non-hydrogen) atoms. The number of ether oxygens (including phenoxy) is 1. The number of hydrogen-bond donors (Lipinski definition) is 3. The highest BCUT2D eigenvalue weighted by Gasteiger charge is 2.59. The van der Waals surface area contributed by atoms with Gasteiger partial charge in [-0.05, 0) is 48.4 Å². The average Bonchev–Trinajstić information content (AvgIpc) is 3.20. The summed E-state index contributed by atoms with van der Waals surface area (Å²) in [5.41, 5.74) is 8.05. The van der Waals surface area contributed by atoms with Gasteiger partial charge in [-0.1, -0.05) is 12.1 Å². The first-order valence-electron chi connectivity index (χ1n) is 10.2. The minimum absolute atomic E-state index is 0.0980. The molecule has 1 aromatic heterocycles. The molecule has 3 aromatic rings. The second-order valence-electron chi connectivity index (χ2n) is 8.27. The number of urea groups is 1. The highest BCUT2D eigenvalue weighted by atomic mass is 16.5. The van der Waals surface area contributed by atoms with Gasteiger partial charge in [0, 0.05) is 36.1 Å². The number of aromatic nitrogens is 1. The second-order valence-corrected chi connectivity index (χ2v) is 8.27. The minimum atomic E-state index is -1.06. The lowest BCUT2D eigenvalue weighted by atomic mass is 9.81. The lowest BCUT2D eigenvalue weighted by molar-refractivity contribution is -0.133. The molecule has 5 rings (SSSR count). The minimum Gasteiger partial charge on any atom is -0.508 e. The number of nitrogens with one attached hydrogen (secondary N) is 1. The van der Waals surface area contributed by atoms with Crippen molar-refractivity contribution in [2.24, 2.45) is 5.73 Å². The van der Waals surface area contributed by atoms with Crippen LogP contribution in [0.15, 0.2) is 42.5 Å². The Kier molecular flexibility index (Phi) is 4.23. The molecule has 0 bridgehead atoms. The fourth-order valence-electron chi connectivity index (χ4n) is 4.99. The van der Waals surface area contributed by atoms with E-state index in [0.29, 0.717) is 6.42 Å². The number of benzene rings is 2. The molecule has 8 heteroatoms. The van der Waals surface area contributed by atoms with Crippen LogP contribution < -0.4 is 10.5 Å². The zero-order valence-electron chi connectivity index (χ0n) is 17.4. The summed E-state index contributed by atoms with van der Waals surface area (Å²) in [7, 11) is 1.61. The van der Waals surface area contributed by atoms with E-state index in [1.807, 2.05) is 31.2 Å². The smallest absolute Gasteiger partial charge is 0.328 e. The first-order chi connectivity index (χ1) is 14.9. The third kappa shape index (κ3) is 2.64. The van der Waals surface area contributed by atoms with Gasteiger partial charge in [-0.2, -0.15) is 0 Å². The van der Waals surface area contributed by atoms with Crippen LogP contribution in [0.1, 0.15) is 29.8 Å². The van der Waals surface area contributed by atoms with Crippen molar-refractivity contribution >= 4 is 22.8 Å². The molecule has 4 N–H and O–H groups in total. The number of hydrogen-bond acceptors (Lipinski definition) is 5. The number of nitrogens with two attached hydrogens (primary N) is 1. The second kappa shape index (κ2) is 6.75. The maximum atomic E-state index is 13.4. The Hall–Kier alpha value is -3.52. The molecule has 3 heterocycles. The Morgan fingerprint density at radius 2 is 2.06 bits per heavy atom. The van der Waals surface area contributed by atoms with Crippen molar-refractivity contribution in [3.05, 3.63) is 59.3 Å². The van der Waals surface area contributed by atoms with Gasteiger partial charge in [0.1, 0.15) is 23.1 Å². The first kappa shape index (κ1) is 19.4. The van der Waals surface area contributed by atoms with E-state index in [0.717, 1.165) is 33.5 Å². The van der Waals surface area contributed by atoms with E-state index in [9.17, 15) is 14.7 Å². The number of nitrogens with zero attached hydrogens (tertiary/aromatic N) is 2. The molecule has 2 aliphatic heterocycles. The largest absolute Gasteiger partial charge is 0.508 e. The number of H-pyrrole nitrogens is 1. The van der Waals surface area contributed by atoms with Crippen LogP contribution in [0.5, 0.6) is 11.5 Å². The third-order valence-corrected chi connectivity index (χ3v) is 6.41. The number of phenols is 1. The number of amides is 3. The van der Waals surface area contributed by atoms with Gasteiger partial charge >= 0.3 is 6.03 Å². The fraction of sp³-hybridized carbons (Fsp3) is 0.304. The number of aromatic amines is 1. The van der Waals surface area contributed by atoms with Gasteiger partial charge in [-0.15, -0.1) is 0 Å². The Balaban J connectivity index is 1.78. The SMILES string of the molecule is COc1ccc2[nH]c3c(c2c1)C[C@@]1(C)C(=O)N(CCN)C(=O)N1[C@@H]3c1cccc(O)c1. The fourth-order valence-corrected chi connectivity index (χ4v) is 4.99. The highest BCUT2D eigenvalue weighted by Crippen LogP contribution is 2.49. The van der Waals surface area contributed by atoms with Crippen molar-refractivity contribution in [2.45, 2.75) is 24.9 Å². The number of aromatic hydroxyl groups is 1. The van der Waals surface area contributed by atoms with E-state index in [1.54, 1.807) is 30.2 Å². The number of carbonyl (C=O) groups excluding carboxylic acids is 2. The number of methoxy groups -OCH3 is 1. The van der Waals surface area contributed by atoms with E-state index in [4.69, 9.17) is 10.5 Å². The Morgan fingerprint density at radius 3 is 2.77 bits per heavy atom. The molecular formula is C23H24N4O4. The van der Waals surface area contributed by atoms with Crippen molar-refractivity contribution in [2.75, 3.05) is 20.2 Å². The lowest BCUT2D eigenvalue weighted by Gasteiger charge is -2.42. The Bertz CT molecular complexity index is 1220. The molecule has 1 fully saturated rings. The quantitative estimate of drug-likeness (QED) is 0.562. The van der Waals surface area contributed by atoms with Crippen LogP contribution in [0.3, 0.4) is 0 Å². The normalized spacial score (nSPS) is 22.7. The molecule has 2 aliphatic rings. The molecular weight excluding hydrogens is 396 g/mol. The molecule has 0 aliphatic carbocycles. The molecule has 1 saturated heterocycles. The predicted octanol–water partition coefficient (Wildman–Crippen LogP) is 2.51. The summed E-state index contributed by atoms with van der Waals surface area (Å²) < 4.78 is 5.41. The number of carbonyl (C=O) groups is 2. The molecule has 0 spiro atoms. The molecule has 2 aromatic carbocycles. The van der Waals surface area contributed by atoms with Gasteiger partial charge in [-0.25, -0.2) is 4.79 Å². The molecule has 0 unspecified atom stereocenters. The van der Waals surface area contributed by atoms with Crippen molar-refractivity contribution in [1.82, 2.24) is 14.8 Å². The van der Waals surface area contributed by atoms with E-state index in [1.165, 1.54) is 4.90 Å². The average molecular weight is 420 g/mol. The summed E-state index contributed by atoms with van der Waals surface area (Å²) in [6.45, 7) is 2.17. The maximum Gasteiger partial charge on any atom is 0.328 e. The highest BCUT2D eigenvalue weighted by molar-refractivity contribution is 6.08. The van der Waals surface area contributed by atoms with Crippen LogP contribution in [0, 0.1) is 0 Å². The van der Waals surface area contributed by atoms with Crippen LogP contribution in [-0.4, -0.2) is 57.6 Å². The van der Waals surface area contributed by atoms with Crippen LogP contribution in [0.4, 0.5) is 4.79 Å². The van der Waals surface area contributed by atoms with Crippen LogP contribution in [-0.2, 0) is 11.2 Å². The monoisotopic (exact) mass is 420 g/mol. The van der Waals surface area contributed by atoms with Gasteiger partial charge in [0.2, 0.25) is 0 Å². The Labute approximate surface area is 179 Å². The topological polar surface area (TPSA) is 112 Å². The van der Waals surface area contributed by atoms with E-state index < -0.39 is 11.6 Å². The van der Waals surface area contributed by atoms with Crippen LogP contribution in [0.25, 0.3) is 10.9 Å². The number of fused-ring (bicyclic) bond motifs is 4.